The van der Waals surface area contributed by atoms with Gasteiger partial charge < -0.3 is 19.4 Å². The highest BCUT2D eigenvalue weighted by Gasteiger charge is 2.11. The Morgan fingerprint density at radius 1 is 1.17 bits per heavy atom. The van der Waals surface area contributed by atoms with Crippen molar-refractivity contribution in [3.8, 4) is 16.9 Å². The summed E-state index contributed by atoms with van der Waals surface area (Å²) >= 11 is 5.91. The molecule has 3 rings (SSSR count). The van der Waals surface area contributed by atoms with E-state index in [-0.39, 0.29) is 17.9 Å². The van der Waals surface area contributed by atoms with E-state index in [1.165, 1.54) is 6.26 Å². The summed E-state index contributed by atoms with van der Waals surface area (Å²) < 4.78 is 11.2. The van der Waals surface area contributed by atoms with E-state index < -0.39 is 0 Å². The Bertz CT molecular complexity index is 1040. The van der Waals surface area contributed by atoms with Crippen LogP contribution in [0, 0.1) is 0 Å². The highest BCUT2D eigenvalue weighted by Crippen LogP contribution is 2.24. The van der Waals surface area contributed by atoms with Gasteiger partial charge in [0, 0.05) is 17.6 Å². The summed E-state index contributed by atoms with van der Waals surface area (Å²) in [4.78, 5) is 26.7. The number of carbonyl (C=O) groups is 1. The first kappa shape index (κ1) is 20.9. The maximum atomic E-state index is 12.8. The van der Waals surface area contributed by atoms with Crippen LogP contribution in [-0.4, -0.2) is 44.6 Å². The molecule has 0 aliphatic carbocycles. The Kier molecular flexibility index (Phi) is 6.90. The highest BCUT2D eigenvalue weighted by atomic mass is 35.5. The van der Waals surface area contributed by atoms with E-state index in [0.29, 0.717) is 33.8 Å². The van der Waals surface area contributed by atoms with Gasteiger partial charge in [-0.1, -0.05) is 23.7 Å². The first-order valence-corrected chi connectivity index (χ1v) is 9.67. The second-order valence-corrected chi connectivity index (χ2v) is 7.38. The van der Waals surface area contributed by atoms with Crippen LogP contribution in [0.4, 0.5) is 0 Å². The molecule has 0 bridgehead atoms. The van der Waals surface area contributed by atoms with Crippen LogP contribution in [-0.2, 0) is 4.79 Å². The van der Waals surface area contributed by atoms with E-state index >= 15 is 0 Å². The van der Waals surface area contributed by atoms with Gasteiger partial charge in [-0.05, 0) is 56.9 Å². The summed E-state index contributed by atoms with van der Waals surface area (Å²) in [6.45, 7) is 1.41. The summed E-state index contributed by atoms with van der Waals surface area (Å²) in [5.41, 5.74) is 1.45. The molecule has 152 valence electrons. The van der Waals surface area contributed by atoms with Crippen LogP contribution in [0.5, 0.6) is 5.75 Å². The van der Waals surface area contributed by atoms with E-state index in [2.05, 4.69) is 10.2 Å². The van der Waals surface area contributed by atoms with Gasteiger partial charge in [0.05, 0.1) is 10.9 Å². The topological polar surface area (TPSA) is 71.8 Å². The molecule has 29 heavy (non-hydrogen) atoms. The van der Waals surface area contributed by atoms with Crippen molar-refractivity contribution in [1.82, 2.24) is 10.2 Å². The normalized spacial score (nSPS) is 11.0. The molecule has 6 nitrogen and oxygen atoms in total. The average molecular weight is 415 g/mol. The lowest BCUT2D eigenvalue weighted by atomic mass is 10.1. The summed E-state index contributed by atoms with van der Waals surface area (Å²) in [5, 5.41) is 3.85. The molecule has 1 heterocycles. The molecule has 3 aromatic rings. The van der Waals surface area contributed by atoms with Crippen LogP contribution in [0.2, 0.25) is 5.02 Å². The fraction of sp³-hybridized carbons (Fsp3) is 0.273. The lowest BCUT2D eigenvalue weighted by molar-refractivity contribution is -0.123. The van der Waals surface area contributed by atoms with Gasteiger partial charge in [0.25, 0.3) is 5.91 Å². The zero-order valence-electron chi connectivity index (χ0n) is 16.4. The first-order chi connectivity index (χ1) is 13.9. The SMILES string of the molecule is CN(C)CCCNC(=O)COc1ccc2c(=O)c(-c3ccc(Cl)cc3)coc2c1. The third-order valence-corrected chi connectivity index (χ3v) is 4.63. The third kappa shape index (κ3) is 5.59. The molecule has 0 radical (unpaired) electrons. The molecule has 0 spiro atoms. The number of halogens is 1. The zero-order valence-corrected chi connectivity index (χ0v) is 17.2. The van der Waals surface area contributed by atoms with Crippen molar-refractivity contribution in [1.29, 1.82) is 0 Å². The van der Waals surface area contributed by atoms with E-state index in [1.54, 1.807) is 42.5 Å². The number of amides is 1. The van der Waals surface area contributed by atoms with Gasteiger partial charge in [0.2, 0.25) is 0 Å². The number of rotatable bonds is 8. The van der Waals surface area contributed by atoms with E-state index in [0.717, 1.165) is 18.5 Å². The number of nitrogens with zero attached hydrogens (tertiary/aromatic N) is 1. The number of nitrogens with one attached hydrogen (secondary N) is 1. The van der Waals surface area contributed by atoms with E-state index in [9.17, 15) is 9.59 Å². The minimum absolute atomic E-state index is 0.0967. The van der Waals surface area contributed by atoms with Gasteiger partial charge in [-0.3, -0.25) is 9.59 Å². The predicted octanol–water partition coefficient (Wildman–Crippen LogP) is 3.56. The van der Waals surface area contributed by atoms with Crippen molar-refractivity contribution in [3.05, 3.63) is 64.0 Å². The van der Waals surface area contributed by atoms with E-state index in [4.69, 9.17) is 20.8 Å². The summed E-state index contributed by atoms with van der Waals surface area (Å²) in [7, 11) is 3.98. The Hall–Kier alpha value is -2.83. The summed E-state index contributed by atoms with van der Waals surface area (Å²) in [6.07, 6.45) is 2.30. The second-order valence-electron chi connectivity index (χ2n) is 6.94. The second kappa shape index (κ2) is 9.58. The fourth-order valence-corrected chi connectivity index (χ4v) is 2.98. The Morgan fingerprint density at radius 3 is 2.66 bits per heavy atom. The predicted molar refractivity (Wildman–Crippen MR) is 115 cm³/mol. The molecule has 0 atom stereocenters. The van der Waals surface area contributed by atoms with Crippen LogP contribution in [0.15, 0.2) is 57.9 Å². The summed E-state index contributed by atoms with van der Waals surface area (Å²) in [6, 6.07) is 11.9. The number of benzene rings is 2. The van der Waals surface area contributed by atoms with Gasteiger partial charge in [0.15, 0.2) is 12.0 Å². The highest BCUT2D eigenvalue weighted by molar-refractivity contribution is 6.30. The first-order valence-electron chi connectivity index (χ1n) is 9.30. The maximum absolute atomic E-state index is 12.8. The molecular formula is C22H23ClN2O4. The quantitative estimate of drug-likeness (QED) is 0.570. The molecule has 0 saturated carbocycles. The van der Waals surface area contributed by atoms with Crippen molar-refractivity contribution in [2.24, 2.45) is 0 Å². The van der Waals surface area contributed by atoms with Crippen LogP contribution in [0.3, 0.4) is 0 Å². The van der Waals surface area contributed by atoms with Crippen LogP contribution in [0.1, 0.15) is 6.42 Å². The van der Waals surface area contributed by atoms with Crippen LogP contribution >= 0.6 is 11.6 Å². The molecule has 2 aromatic carbocycles. The van der Waals surface area contributed by atoms with Gasteiger partial charge in [-0.2, -0.15) is 0 Å². The zero-order chi connectivity index (χ0) is 20.8. The number of fused-ring (bicyclic) bond motifs is 1. The summed E-state index contributed by atoms with van der Waals surface area (Å²) in [5.74, 6) is 0.270. The van der Waals surface area contributed by atoms with Gasteiger partial charge in [-0.25, -0.2) is 0 Å². The molecule has 0 aliphatic rings. The lowest BCUT2D eigenvalue weighted by Gasteiger charge is -2.10. The minimum atomic E-state index is -0.191. The molecule has 1 N–H and O–H groups in total. The van der Waals surface area contributed by atoms with Gasteiger partial charge in [0.1, 0.15) is 17.6 Å². The largest absolute Gasteiger partial charge is 0.484 e. The number of hydrogen-bond donors (Lipinski definition) is 1. The molecule has 1 aromatic heterocycles. The Morgan fingerprint density at radius 2 is 1.93 bits per heavy atom. The molecule has 0 saturated heterocycles. The van der Waals surface area contributed by atoms with Crippen molar-refractivity contribution < 1.29 is 13.9 Å². The third-order valence-electron chi connectivity index (χ3n) is 4.38. The standard InChI is InChI=1S/C22H23ClN2O4/c1-25(2)11-3-10-24-21(26)14-28-17-8-9-18-20(12-17)29-13-19(22(18)27)15-4-6-16(23)7-5-15/h4-9,12-13H,3,10-11,14H2,1-2H3,(H,24,26). The van der Waals surface area contributed by atoms with Crippen LogP contribution < -0.4 is 15.5 Å². The van der Waals surface area contributed by atoms with Crippen molar-refractivity contribution in [2.45, 2.75) is 6.42 Å². The Balaban J connectivity index is 1.66. The molecule has 0 aliphatic heterocycles. The number of carbonyl (C=O) groups excluding carboxylic acids is 1. The molecule has 7 heteroatoms. The maximum Gasteiger partial charge on any atom is 0.257 e. The van der Waals surface area contributed by atoms with Crippen molar-refractivity contribution in [2.75, 3.05) is 33.8 Å². The lowest BCUT2D eigenvalue weighted by Crippen LogP contribution is -2.31. The fourth-order valence-electron chi connectivity index (χ4n) is 2.85. The Labute approximate surface area is 174 Å². The number of ether oxygens (including phenoxy) is 1. The monoisotopic (exact) mass is 414 g/mol. The average Bonchev–Trinajstić information content (AvgIpc) is 2.70. The van der Waals surface area contributed by atoms with Gasteiger partial charge >= 0.3 is 0 Å². The molecule has 0 unspecified atom stereocenters. The minimum Gasteiger partial charge on any atom is -0.484 e. The van der Waals surface area contributed by atoms with Gasteiger partial charge in [-0.15, -0.1) is 0 Å². The molecular weight excluding hydrogens is 392 g/mol. The van der Waals surface area contributed by atoms with Crippen molar-refractivity contribution in [3.63, 3.8) is 0 Å². The van der Waals surface area contributed by atoms with Crippen LogP contribution in [0.25, 0.3) is 22.1 Å². The smallest absolute Gasteiger partial charge is 0.257 e. The number of hydrogen-bond acceptors (Lipinski definition) is 5. The van der Waals surface area contributed by atoms with E-state index in [1.807, 2.05) is 14.1 Å². The molecule has 0 fully saturated rings. The molecule has 1 amide bonds. The van der Waals surface area contributed by atoms with Crippen molar-refractivity contribution >= 4 is 28.5 Å².